The van der Waals surface area contributed by atoms with Crippen molar-refractivity contribution in [1.29, 1.82) is 0 Å². The molecule has 0 saturated heterocycles. The Balaban J connectivity index is 2.11. The van der Waals surface area contributed by atoms with E-state index in [0.717, 1.165) is 63.4 Å². The molecule has 198 valence electrons. The van der Waals surface area contributed by atoms with Gasteiger partial charge < -0.3 is 0 Å². The summed E-state index contributed by atoms with van der Waals surface area (Å²) in [6, 6.07) is 0. The lowest BCUT2D eigenvalue weighted by Gasteiger charge is -2.30. The van der Waals surface area contributed by atoms with Crippen LogP contribution in [0, 0.1) is 29.1 Å². The molecule has 1 saturated carbocycles. The van der Waals surface area contributed by atoms with Crippen molar-refractivity contribution >= 4 is 17.3 Å². The van der Waals surface area contributed by atoms with Gasteiger partial charge in [-0.3, -0.25) is 14.4 Å². The van der Waals surface area contributed by atoms with Gasteiger partial charge in [-0.2, -0.15) is 0 Å². The van der Waals surface area contributed by atoms with E-state index in [1.165, 1.54) is 18.4 Å². The van der Waals surface area contributed by atoms with Gasteiger partial charge in [-0.15, -0.1) is 0 Å². The van der Waals surface area contributed by atoms with Gasteiger partial charge in [0.1, 0.15) is 11.6 Å². The fourth-order valence-electron chi connectivity index (χ4n) is 6.65. The number of ketones is 3. The summed E-state index contributed by atoms with van der Waals surface area (Å²) in [6.07, 6.45) is 16.6. The minimum atomic E-state index is -0.0711. The molecular weight excluding hydrogens is 432 g/mol. The van der Waals surface area contributed by atoms with Crippen LogP contribution in [0.2, 0.25) is 0 Å². The van der Waals surface area contributed by atoms with E-state index < -0.39 is 0 Å². The summed E-state index contributed by atoms with van der Waals surface area (Å²) in [4.78, 5) is 39.0. The number of Topliss-reactive ketones (excluding diaryl/α,β-unsaturated/α-hetero) is 2. The van der Waals surface area contributed by atoms with Gasteiger partial charge in [0.05, 0.1) is 6.42 Å². The number of rotatable bonds is 12. The molecule has 3 unspecified atom stereocenters. The fourth-order valence-corrected chi connectivity index (χ4v) is 6.65. The van der Waals surface area contributed by atoms with Crippen LogP contribution >= 0.6 is 0 Å². The molecule has 2 rings (SSSR count). The van der Waals surface area contributed by atoms with Crippen molar-refractivity contribution in [2.24, 2.45) is 29.1 Å². The minimum absolute atomic E-state index is 0.0711. The molecular formula is C32H52O3. The monoisotopic (exact) mass is 484 g/mol. The highest BCUT2D eigenvalue weighted by Crippen LogP contribution is 2.41. The summed E-state index contributed by atoms with van der Waals surface area (Å²) >= 11 is 0. The third-order valence-corrected chi connectivity index (χ3v) is 8.69. The number of allylic oxidation sites excluding steroid dienone is 4. The largest absolute Gasteiger partial charge is 0.299 e. The molecule has 0 aromatic carbocycles. The van der Waals surface area contributed by atoms with Gasteiger partial charge in [0.15, 0.2) is 5.78 Å². The third-order valence-electron chi connectivity index (χ3n) is 8.69. The summed E-state index contributed by atoms with van der Waals surface area (Å²) in [6.45, 7) is 13.1. The Bertz CT molecular complexity index is 779. The van der Waals surface area contributed by atoms with Crippen molar-refractivity contribution in [1.82, 2.24) is 0 Å². The van der Waals surface area contributed by atoms with Gasteiger partial charge in [-0.1, -0.05) is 77.5 Å². The lowest BCUT2D eigenvalue weighted by molar-refractivity contribution is -0.131. The molecule has 0 aromatic heterocycles. The molecule has 0 bridgehead atoms. The zero-order valence-corrected chi connectivity index (χ0v) is 23.6. The Labute approximate surface area is 215 Å². The van der Waals surface area contributed by atoms with Crippen molar-refractivity contribution in [2.45, 2.75) is 131 Å². The van der Waals surface area contributed by atoms with E-state index in [2.05, 4.69) is 47.6 Å². The lowest BCUT2D eigenvalue weighted by Crippen LogP contribution is -2.29. The second-order valence-corrected chi connectivity index (χ2v) is 12.4. The molecule has 0 spiro atoms. The maximum absolute atomic E-state index is 13.4. The SMILES string of the molecule is CCCC(CC1CCC(C(C)C)=CC/C(C)=C/C(=O)C1)C(CC)C(=O)CC(=O)CC1(C)CCCC1. The number of hydrogen-bond acceptors (Lipinski definition) is 3. The molecule has 3 atom stereocenters. The highest BCUT2D eigenvalue weighted by Gasteiger charge is 2.34. The van der Waals surface area contributed by atoms with E-state index in [9.17, 15) is 14.4 Å². The summed E-state index contributed by atoms with van der Waals surface area (Å²) in [7, 11) is 0. The molecule has 0 N–H and O–H groups in total. The Morgan fingerprint density at radius 2 is 1.83 bits per heavy atom. The van der Waals surface area contributed by atoms with Crippen LogP contribution in [0.5, 0.6) is 0 Å². The Morgan fingerprint density at radius 1 is 1.14 bits per heavy atom. The third kappa shape index (κ3) is 9.81. The zero-order valence-electron chi connectivity index (χ0n) is 23.6. The minimum Gasteiger partial charge on any atom is -0.299 e. The highest BCUT2D eigenvalue weighted by molar-refractivity contribution is 6.00. The first kappa shape index (κ1) is 29.7. The number of hydrogen-bond donors (Lipinski definition) is 0. The van der Waals surface area contributed by atoms with Crippen molar-refractivity contribution in [3.8, 4) is 0 Å². The molecule has 0 aromatic rings. The number of carbonyl (C=O) groups excluding carboxylic acids is 3. The smallest absolute Gasteiger partial charge is 0.155 e. The van der Waals surface area contributed by atoms with Gasteiger partial charge in [0.2, 0.25) is 0 Å². The molecule has 0 aliphatic heterocycles. The Hall–Kier alpha value is -1.51. The molecule has 0 heterocycles. The van der Waals surface area contributed by atoms with Crippen molar-refractivity contribution in [3.05, 3.63) is 23.3 Å². The predicted octanol–water partition coefficient (Wildman–Crippen LogP) is 8.61. The summed E-state index contributed by atoms with van der Waals surface area (Å²) in [5.74, 6) is 1.49. The first-order valence-corrected chi connectivity index (χ1v) is 14.5. The fraction of sp³-hybridized carbons (Fsp3) is 0.781. The van der Waals surface area contributed by atoms with Gasteiger partial charge in [0, 0.05) is 18.8 Å². The van der Waals surface area contributed by atoms with Crippen molar-refractivity contribution < 1.29 is 14.4 Å². The quantitative estimate of drug-likeness (QED) is 0.206. The van der Waals surface area contributed by atoms with E-state index in [1.54, 1.807) is 0 Å². The van der Waals surface area contributed by atoms with Gasteiger partial charge in [-0.25, -0.2) is 0 Å². The van der Waals surface area contributed by atoms with Crippen LogP contribution < -0.4 is 0 Å². The van der Waals surface area contributed by atoms with Crippen LogP contribution in [0.4, 0.5) is 0 Å². The van der Waals surface area contributed by atoms with E-state index >= 15 is 0 Å². The molecule has 3 heteroatoms. The van der Waals surface area contributed by atoms with E-state index in [4.69, 9.17) is 0 Å². The average molecular weight is 485 g/mol. The average Bonchev–Trinajstić information content (AvgIpc) is 3.18. The zero-order chi connectivity index (χ0) is 26.0. The maximum Gasteiger partial charge on any atom is 0.155 e. The predicted molar refractivity (Wildman–Crippen MR) is 146 cm³/mol. The second kappa shape index (κ2) is 14.3. The molecule has 2 aliphatic carbocycles. The van der Waals surface area contributed by atoms with Crippen LogP contribution in [0.25, 0.3) is 0 Å². The number of carbonyl (C=O) groups is 3. The van der Waals surface area contributed by atoms with Crippen LogP contribution in [-0.2, 0) is 14.4 Å². The first-order chi connectivity index (χ1) is 16.6. The highest BCUT2D eigenvalue weighted by atomic mass is 16.1. The van der Waals surface area contributed by atoms with E-state index in [-0.39, 0.29) is 41.0 Å². The normalized spacial score (nSPS) is 24.4. The standard InChI is InChI=1S/C32H52O3/c1-7-11-27(30(8-2)31(35)21-29(34)22-32(6)16-9-10-17-32)19-25-13-15-26(23(3)4)14-12-24(5)18-28(33)20-25/h14,18,23,25,27,30H,7-13,15-17,19-22H2,1-6H3/b24-18+,26-14?. The van der Waals surface area contributed by atoms with Crippen molar-refractivity contribution in [3.63, 3.8) is 0 Å². The molecule has 35 heavy (non-hydrogen) atoms. The molecule has 0 amide bonds. The first-order valence-electron chi connectivity index (χ1n) is 14.5. The Kier molecular flexibility index (Phi) is 12.1. The Morgan fingerprint density at radius 3 is 2.43 bits per heavy atom. The van der Waals surface area contributed by atoms with E-state index in [1.807, 2.05) is 6.08 Å². The second-order valence-electron chi connectivity index (χ2n) is 12.4. The van der Waals surface area contributed by atoms with Gasteiger partial charge in [0.25, 0.3) is 0 Å². The van der Waals surface area contributed by atoms with Crippen LogP contribution in [0.3, 0.4) is 0 Å². The molecule has 3 nitrogen and oxygen atoms in total. The molecule has 2 aliphatic rings. The lowest BCUT2D eigenvalue weighted by atomic mass is 9.74. The summed E-state index contributed by atoms with van der Waals surface area (Å²) in [5.41, 5.74) is 2.72. The van der Waals surface area contributed by atoms with Gasteiger partial charge in [-0.05, 0) is 81.1 Å². The summed E-state index contributed by atoms with van der Waals surface area (Å²) in [5, 5.41) is 0. The van der Waals surface area contributed by atoms with E-state index in [0.29, 0.717) is 24.7 Å². The van der Waals surface area contributed by atoms with Crippen LogP contribution in [-0.4, -0.2) is 17.3 Å². The molecule has 1 fully saturated rings. The summed E-state index contributed by atoms with van der Waals surface area (Å²) < 4.78 is 0. The maximum atomic E-state index is 13.4. The van der Waals surface area contributed by atoms with Crippen LogP contribution in [0.1, 0.15) is 131 Å². The topological polar surface area (TPSA) is 51.2 Å². The van der Waals surface area contributed by atoms with Crippen LogP contribution in [0.15, 0.2) is 23.3 Å². The van der Waals surface area contributed by atoms with Crippen molar-refractivity contribution in [2.75, 3.05) is 0 Å². The van der Waals surface area contributed by atoms with Gasteiger partial charge >= 0.3 is 0 Å². The molecule has 0 radical (unpaired) electrons.